The molecule has 4 rings (SSSR count). The fraction of sp³-hybridized carbons (Fsp3) is 0.207. The monoisotopic (exact) mass is 485 g/mol. The first-order chi connectivity index (χ1) is 17.3. The molecule has 0 aliphatic carbocycles. The molecule has 7 nitrogen and oxygen atoms in total. The van der Waals surface area contributed by atoms with Crippen molar-refractivity contribution in [3.63, 3.8) is 0 Å². The van der Waals surface area contributed by atoms with Gasteiger partial charge in [-0.2, -0.15) is 0 Å². The van der Waals surface area contributed by atoms with E-state index < -0.39 is 17.9 Å². The summed E-state index contributed by atoms with van der Waals surface area (Å²) in [6, 6.07) is 15.9. The van der Waals surface area contributed by atoms with Gasteiger partial charge in [0.2, 0.25) is 0 Å². The summed E-state index contributed by atoms with van der Waals surface area (Å²) in [5, 5.41) is 3.44. The maximum Gasteiger partial charge on any atom is 0.337 e. The number of fused-ring (bicyclic) bond motifs is 1. The minimum atomic E-state index is -0.805. The van der Waals surface area contributed by atoms with Crippen LogP contribution in [0.5, 0.6) is 0 Å². The van der Waals surface area contributed by atoms with E-state index in [2.05, 4.69) is 11.9 Å². The number of carbonyl (C=O) groups excluding carboxylic acids is 2. The molecule has 0 amide bonds. The zero-order chi connectivity index (χ0) is 25.8. The lowest BCUT2D eigenvalue weighted by molar-refractivity contribution is -0.139. The number of ether oxygens (including phenoxy) is 2. The molecular formula is C29H27NO6. The van der Waals surface area contributed by atoms with Gasteiger partial charge in [-0.15, -0.1) is 0 Å². The highest BCUT2D eigenvalue weighted by atomic mass is 16.5. The van der Waals surface area contributed by atoms with Crippen molar-refractivity contribution in [1.82, 2.24) is 5.32 Å². The van der Waals surface area contributed by atoms with Crippen molar-refractivity contribution >= 4 is 22.9 Å². The summed E-state index contributed by atoms with van der Waals surface area (Å²) in [6.45, 7) is 8.98. The number of nitrogens with one attached hydrogen (secondary N) is 1. The molecule has 3 aromatic rings. The fourth-order valence-corrected chi connectivity index (χ4v) is 4.39. The first-order valence-electron chi connectivity index (χ1n) is 11.6. The molecule has 1 unspecified atom stereocenters. The van der Waals surface area contributed by atoms with Crippen LogP contribution in [0.1, 0.15) is 32.3 Å². The van der Waals surface area contributed by atoms with Crippen LogP contribution in [0.3, 0.4) is 0 Å². The third-order valence-electron chi connectivity index (χ3n) is 5.95. The third-order valence-corrected chi connectivity index (χ3v) is 5.95. The van der Waals surface area contributed by atoms with Crippen molar-refractivity contribution in [2.24, 2.45) is 0 Å². The van der Waals surface area contributed by atoms with E-state index in [1.54, 1.807) is 39.0 Å². The Balaban J connectivity index is 1.88. The Morgan fingerprint density at radius 3 is 2.31 bits per heavy atom. The van der Waals surface area contributed by atoms with Crippen LogP contribution >= 0.6 is 0 Å². The highest BCUT2D eigenvalue weighted by Crippen LogP contribution is 2.40. The summed E-state index contributed by atoms with van der Waals surface area (Å²) in [6.07, 6.45) is 1.47. The topological polar surface area (TPSA) is 94.8 Å². The molecule has 1 N–H and O–H groups in total. The Morgan fingerprint density at radius 1 is 1.00 bits per heavy atom. The zero-order valence-corrected chi connectivity index (χ0v) is 20.4. The van der Waals surface area contributed by atoms with Gasteiger partial charge in [-0.05, 0) is 38.5 Å². The quantitative estimate of drug-likeness (QED) is 0.372. The van der Waals surface area contributed by atoms with E-state index >= 15 is 0 Å². The predicted molar refractivity (Wildman–Crippen MR) is 137 cm³/mol. The molecule has 7 heteroatoms. The fourth-order valence-electron chi connectivity index (χ4n) is 4.39. The number of rotatable bonds is 7. The molecule has 1 atom stereocenters. The second kappa shape index (κ2) is 10.5. The van der Waals surface area contributed by atoms with E-state index in [0.29, 0.717) is 33.7 Å². The first-order valence-corrected chi connectivity index (χ1v) is 11.6. The summed E-state index contributed by atoms with van der Waals surface area (Å²) < 4.78 is 16.7. The van der Waals surface area contributed by atoms with Gasteiger partial charge in [0.05, 0.1) is 29.1 Å². The molecule has 0 saturated carbocycles. The molecule has 184 valence electrons. The summed E-state index contributed by atoms with van der Waals surface area (Å²) in [7, 11) is 0. The van der Waals surface area contributed by atoms with Crippen molar-refractivity contribution in [1.29, 1.82) is 0 Å². The number of benzene rings is 2. The number of allylic oxidation sites excluding steroid dienone is 2. The van der Waals surface area contributed by atoms with Gasteiger partial charge in [0.1, 0.15) is 18.0 Å². The standard InChI is InChI=1S/C29H27NO6/c1-5-14-35-29(33)26-18(4)30-17(3)25(28(32)34-6-2)27(26)20-12-13-23-21(15-20)22(31)16-24(36-23)19-10-8-7-9-11-19/h5,7-13,15-16,27,30H,1,6,14H2,2-4H3. The maximum atomic E-state index is 13.1. The minimum Gasteiger partial charge on any atom is -0.463 e. The summed E-state index contributed by atoms with van der Waals surface area (Å²) in [5.41, 5.74) is 3.15. The minimum absolute atomic E-state index is 0.0172. The van der Waals surface area contributed by atoms with E-state index in [1.807, 2.05) is 30.3 Å². The second-order valence-electron chi connectivity index (χ2n) is 8.34. The lowest BCUT2D eigenvalue weighted by Crippen LogP contribution is -2.32. The number of dihydropyridines is 1. The van der Waals surface area contributed by atoms with Crippen LogP contribution in [0, 0.1) is 0 Å². The van der Waals surface area contributed by atoms with Crippen molar-refractivity contribution in [3.05, 3.63) is 106 Å². The van der Waals surface area contributed by atoms with Crippen LogP contribution in [-0.2, 0) is 19.1 Å². The van der Waals surface area contributed by atoms with Crippen molar-refractivity contribution in [3.8, 4) is 11.3 Å². The van der Waals surface area contributed by atoms with E-state index in [9.17, 15) is 14.4 Å². The van der Waals surface area contributed by atoms with E-state index in [-0.39, 0.29) is 29.8 Å². The van der Waals surface area contributed by atoms with Gasteiger partial charge >= 0.3 is 11.9 Å². The van der Waals surface area contributed by atoms with E-state index in [4.69, 9.17) is 13.9 Å². The SMILES string of the molecule is C=CCOC(=O)C1=C(C)NC(C)=C(C(=O)OCC)C1c1ccc2oc(-c3ccccc3)cc(=O)c2c1. The number of carbonyl (C=O) groups is 2. The lowest BCUT2D eigenvalue weighted by Gasteiger charge is -2.30. The van der Waals surface area contributed by atoms with Crippen LogP contribution in [0.2, 0.25) is 0 Å². The Labute approximate surface area is 208 Å². The third kappa shape index (κ3) is 4.73. The summed E-state index contributed by atoms with van der Waals surface area (Å²) in [4.78, 5) is 39.2. The number of esters is 2. The smallest absolute Gasteiger partial charge is 0.337 e. The molecule has 0 saturated heterocycles. The first kappa shape index (κ1) is 24.7. The second-order valence-corrected chi connectivity index (χ2v) is 8.34. The van der Waals surface area contributed by atoms with Crippen LogP contribution < -0.4 is 10.7 Å². The van der Waals surface area contributed by atoms with Gasteiger partial charge < -0.3 is 19.2 Å². The zero-order valence-electron chi connectivity index (χ0n) is 20.4. The molecule has 0 bridgehead atoms. The normalized spacial score (nSPS) is 15.5. The molecule has 1 aliphatic rings. The van der Waals surface area contributed by atoms with Crippen molar-refractivity contribution in [2.75, 3.05) is 13.2 Å². The Bertz CT molecular complexity index is 1460. The Morgan fingerprint density at radius 2 is 1.67 bits per heavy atom. The molecular weight excluding hydrogens is 458 g/mol. The lowest BCUT2D eigenvalue weighted by atomic mass is 9.80. The molecule has 2 heterocycles. The molecule has 0 radical (unpaired) electrons. The van der Waals surface area contributed by atoms with Crippen molar-refractivity contribution < 1.29 is 23.5 Å². The average Bonchev–Trinajstić information content (AvgIpc) is 2.87. The number of hydrogen-bond donors (Lipinski definition) is 1. The van der Waals surface area contributed by atoms with Crippen LogP contribution in [0.15, 0.2) is 99.0 Å². The van der Waals surface area contributed by atoms with Gasteiger partial charge in [-0.25, -0.2) is 9.59 Å². The van der Waals surface area contributed by atoms with Crippen LogP contribution in [-0.4, -0.2) is 25.2 Å². The van der Waals surface area contributed by atoms with Crippen LogP contribution in [0.4, 0.5) is 0 Å². The molecule has 2 aromatic carbocycles. The molecule has 36 heavy (non-hydrogen) atoms. The van der Waals surface area contributed by atoms with Gasteiger partial charge in [-0.1, -0.05) is 49.1 Å². The molecule has 1 aromatic heterocycles. The largest absolute Gasteiger partial charge is 0.463 e. The Kier molecular flexibility index (Phi) is 7.20. The van der Waals surface area contributed by atoms with Gasteiger partial charge in [0, 0.05) is 23.0 Å². The molecule has 0 spiro atoms. The van der Waals surface area contributed by atoms with Crippen LogP contribution in [0.25, 0.3) is 22.3 Å². The summed E-state index contributed by atoms with van der Waals surface area (Å²) in [5.74, 6) is -1.50. The van der Waals surface area contributed by atoms with Gasteiger partial charge in [0.25, 0.3) is 0 Å². The number of hydrogen-bond acceptors (Lipinski definition) is 7. The highest BCUT2D eigenvalue weighted by molar-refractivity contribution is 6.00. The van der Waals surface area contributed by atoms with Gasteiger partial charge in [0.15, 0.2) is 5.43 Å². The van der Waals surface area contributed by atoms with Gasteiger partial charge in [-0.3, -0.25) is 4.79 Å². The van der Waals surface area contributed by atoms with E-state index in [1.165, 1.54) is 12.1 Å². The van der Waals surface area contributed by atoms with E-state index in [0.717, 1.165) is 5.56 Å². The highest BCUT2D eigenvalue weighted by Gasteiger charge is 2.38. The molecule has 0 fully saturated rings. The molecule has 1 aliphatic heterocycles. The van der Waals surface area contributed by atoms with Crippen molar-refractivity contribution in [2.45, 2.75) is 26.7 Å². The average molecular weight is 486 g/mol. The predicted octanol–water partition coefficient (Wildman–Crippen LogP) is 4.99. The Hall–Kier alpha value is -4.39. The summed E-state index contributed by atoms with van der Waals surface area (Å²) >= 11 is 0. The maximum absolute atomic E-state index is 13.1.